The number of para-hydroxylation sites is 1. The first-order valence-electron chi connectivity index (χ1n) is 11.8. The molecule has 1 aliphatic rings. The Morgan fingerprint density at radius 3 is 2.50 bits per heavy atom. The van der Waals surface area contributed by atoms with Gasteiger partial charge < -0.3 is 9.73 Å². The van der Waals surface area contributed by atoms with Gasteiger partial charge in [0.15, 0.2) is 0 Å². The minimum atomic E-state index is -3.63. The van der Waals surface area contributed by atoms with Gasteiger partial charge in [-0.2, -0.15) is 0 Å². The number of oxazole rings is 1. The Kier molecular flexibility index (Phi) is 7.67. The van der Waals surface area contributed by atoms with E-state index in [-0.39, 0.29) is 18.2 Å². The summed E-state index contributed by atoms with van der Waals surface area (Å²) >= 11 is 0. The number of amides is 1. The highest BCUT2D eigenvalue weighted by atomic mass is 32.2. The number of anilines is 1. The Hall–Kier alpha value is -3.13. The molecule has 1 fully saturated rings. The number of carbonyl (C=O) groups excluding carboxylic acids is 1. The van der Waals surface area contributed by atoms with Crippen LogP contribution in [-0.2, 0) is 27.1 Å². The Morgan fingerprint density at radius 1 is 1.03 bits per heavy atom. The largest absolute Gasteiger partial charge is 0.441 e. The fourth-order valence-electron chi connectivity index (χ4n) is 4.37. The van der Waals surface area contributed by atoms with E-state index in [2.05, 4.69) is 15.0 Å². The monoisotopic (exact) mass is 481 g/mol. The van der Waals surface area contributed by atoms with Crippen molar-refractivity contribution >= 4 is 21.6 Å². The Bertz CT molecular complexity index is 1220. The van der Waals surface area contributed by atoms with Gasteiger partial charge in [-0.05, 0) is 43.4 Å². The van der Waals surface area contributed by atoms with Gasteiger partial charge in [0.2, 0.25) is 21.8 Å². The summed E-state index contributed by atoms with van der Waals surface area (Å²) in [5.41, 5.74) is 2.27. The highest BCUT2D eigenvalue weighted by molar-refractivity contribution is 7.91. The van der Waals surface area contributed by atoms with E-state index in [1.54, 1.807) is 43.3 Å². The molecule has 3 aromatic rings. The zero-order valence-electron chi connectivity index (χ0n) is 19.4. The van der Waals surface area contributed by atoms with E-state index in [4.69, 9.17) is 4.42 Å². The van der Waals surface area contributed by atoms with Gasteiger partial charge >= 0.3 is 0 Å². The molecule has 8 heteroatoms. The van der Waals surface area contributed by atoms with Crippen molar-refractivity contribution in [2.75, 3.05) is 4.72 Å². The number of sulfonamides is 1. The van der Waals surface area contributed by atoms with Crippen molar-refractivity contribution in [2.24, 2.45) is 5.92 Å². The maximum absolute atomic E-state index is 12.8. The van der Waals surface area contributed by atoms with Crippen molar-refractivity contribution in [1.82, 2.24) is 10.3 Å². The van der Waals surface area contributed by atoms with Crippen molar-refractivity contribution in [3.63, 3.8) is 0 Å². The van der Waals surface area contributed by atoms with Gasteiger partial charge in [-0.15, -0.1) is 0 Å². The van der Waals surface area contributed by atoms with E-state index in [9.17, 15) is 13.2 Å². The van der Waals surface area contributed by atoms with Gasteiger partial charge in [0.05, 0.1) is 23.5 Å². The minimum absolute atomic E-state index is 0.0323. The number of carbonyl (C=O) groups is 1. The van der Waals surface area contributed by atoms with E-state index in [1.165, 1.54) is 19.3 Å². The molecule has 1 aliphatic carbocycles. The van der Waals surface area contributed by atoms with Crippen LogP contribution >= 0.6 is 0 Å². The number of nitrogens with one attached hydrogen (secondary N) is 2. The summed E-state index contributed by atoms with van der Waals surface area (Å²) in [6.45, 7) is 2.07. The van der Waals surface area contributed by atoms with Crippen LogP contribution in [0.3, 0.4) is 0 Å². The molecule has 34 heavy (non-hydrogen) atoms. The summed E-state index contributed by atoms with van der Waals surface area (Å²) in [5, 5.41) is 2.96. The number of aryl methyl sites for hydroxylation is 1. The molecule has 2 aromatic carbocycles. The molecule has 4 rings (SSSR count). The number of nitrogens with zero attached hydrogens (tertiary/aromatic N) is 1. The van der Waals surface area contributed by atoms with Crippen molar-refractivity contribution < 1.29 is 17.6 Å². The van der Waals surface area contributed by atoms with Crippen LogP contribution in [0.25, 0.3) is 11.5 Å². The lowest BCUT2D eigenvalue weighted by Crippen LogP contribution is -2.26. The third-order valence-electron chi connectivity index (χ3n) is 6.17. The van der Waals surface area contributed by atoms with Gasteiger partial charge in [-0.3, -0.25) is 9.52 Å². The third-order valence-corrected chi connectivity index (χ3v) is 7.41. The van der Waals surface area contributed by atoms with E-state index >= 15 is 0 Å². The van der Waals surface area contributed by atoms with Crippen LogP contribution in [0.1, 0.15) is 55.5 Å². The van der Waals surface area contributed by atoms with Crippen LogP contribution in [0.4, 0.5) is 5.69 Å². The van der Waals surface area contributed by atoms with E-state index in [0.29, 0.717) is 46.5 Å². The molecular formula is C26H31N3O4S. The molecule has 7 nitrogen and oxygen atoms in total. The zero-order chi connectivity index (χ0) is 24.0. The second-order valence-electron chi connectivity index (χ2n) is 8.90. The van der Waals surface area contributed by atoms with Crippen molar-refractivity contribution in [1.29, 1.82) is 0 Å². The molecule has 1 heterocycles. The predicted molar refractivity (Wildman–Crippen MR) is 132 cm³/mol. The first kappa shape index (κ1) is 24.0. The van der Waals surface area contributed by atoms with Gasteiger partial charge in [0.1, 0.15) is 11.5 Å². The first-order valence-corrected chi connectivity index (χ1v) is 13.4. The molecule has 0 atom stereocenters. The molecule has 180 valence electrons. The minimum Gasteiger partial charge on any atom is -0.441 e. The van der Waals surface area contributed by atoms with Gasteiger partial charge in [0, 0.05) is 6.42 Å². The van der Waals surface area contributed by atoms with Gasteiger partial charge in [0.25, 0.3) is 0 Å². The molecule has 1 saturated carbocycles. The maximum atomic E-state index is 12.8. The van der Waals surface area contributed by atoms with E-state index in [1.807, 2.05) is 18.2 Å². The van der Waals surface area contributed by atoms with Crippen LogP contribution < -0.4 is 10.0 Å². The molecule has 1 amide bonds. The topological polar surface area (TPSA) is 101 Å². The molecule has 2 N–H and O–H groups in total. The number of benzene rings is 2. The fourth-order valence-corrected chi connectivity index (χ4v) is 5.59. The summed E-state index contributed by atoms with van der Waals surface area (Å²) in [7, 11) is -3.63. The summed E-state index contributed by atoms with van der Waals surface area (Å²) in [6.07, 6.45) is 6.48. The number of rotatable bonds is 9. The second-order valence-corrected chi connectivity index (χ2v) is 10.6. The highest BCUT2D eigenvalue weighted by Gasteiger charge is 2.20. The molecule has 0 saturated heterocycles. The smallest absolute Gasteiger partial charge is 0.236 e. The third kappa shape index (κ3) is 6.47. The summed E-state index contributed by atoms with van der Waals surface area (Å²) in [6, 6.07) is 16.0. The second kappa shape index (κ2) is 10.9. The van der Waals surface area contributed by atoms with Crippen LogP contribution in [0.5, 0.6) is 0 Å². The van der Waals surface area contributed by atoms with E-state index < -0.39 is 10.0 Å². The van der Waals surface area contributed by atoms with Gasteiger partial charge in [-0.1, -0.05) is 61.7 Å². The summed E-state index contributed by atoms with van der Waals surface area (Å²) < 4.78 is 34.0. The SMILES string of the molecule is Cc1oc(-c2ccccc2NS(=O)(=O)Cc2ccccc2)nc1CNC(=O)CC1CCCCC1. The lowest BCUT2D eigenvalue weighted by Gasteiger charge is -2.20. The lowest BCUT2D eigenvalue weighted by atomic mass is 9.87. The Labute approximate surface area is 201 Å². The molecule has 0 unspecified atom stereocenters. The number of hydrogen-bond donors (Lipinski definition) is 2. The molecule has 0 aliphatic heterocycles. The summed E-state index contributed by atoms with van der Waals surface area (Å²) in [5.74, 6) is 1.27. The molecule has 0 bridgehead atoms. The highest BCUT2D eigenvalue weighted by Crippen LogP contribution is 2.30. The molecule has 0 radical (unpaired) electrons. The number of hydrogen-bond acceptors (Lipinski definition) is 5. The Balaban J connectivity index is 1.44. The normalized spacial score (nSPS) is 14.6. The quantitative estimate of drug-likeness (QED) is 0.439. The first-order chi connectivity index (χ1) is 16.4. The van der Waals surface area contributed by atoms with Crippen LogP contribution in [0, 0.1) is 12.8 Å². The molecular weight excluding hydrogens is 450 g/mol. The predicted octanol–water partition coefficient (Wildman–Crippen LogP) is 5.18. The number of aromatic nitrogens is 1. The Morgan fingerprint density at radius 2 is 1.74 bits per heavy atom. The summed E-state index contributed by atoms with van der Waals surface area (Å²) in [4.78, 5) is 16.9. The molecule has 1 aromatic heterocycles. The van der Waals surface area contributed by atoms with Crippen molar-refractivity contribution in [3.05, 3.63) is 71.6 Å². The standard InChI is InChI=1S/C26H31N3O4S/c1-19-24(17-27-25(30)16-20-10-4-2-5-11-20)28-26(33-19)22-14-8-9-15-23(22)29-34(31,32)18-21-12-6-3-7-13-21/h3,6-9,12-15,20,29H,2,4-5,10-11,16-18H2,1H3,(H,27,30). The maximum Gasteiger partial charge on any atom is 0.236 e. The van der Waals surface area contributed by atoms with Gasteiger partial charge in [-0.25, -0.2) is 13.4 Å². The lowest BCUT2D eigenvalue weighted by molar-refractivity contribution is -0.122. The van der Waals surface area contributed by atoms with Crippen molar-refractivity contribution in [2.45, 2.75) is 57.7 Å². The average Bonchev–Trinajstić information content (AvgIpc) is 3.19. The van der Waals surface area contributed by atoms with Crippen LogP contribution in [0.2, 0.25) is 0 Å². The van der Waals surface area contributed by atoms with Crippen LogP contribution in [0.15, 0.2) is 59.0 Å². The zero-order valence-corrected chi connectivity index (χ0v) is 20.2. The fraction of sp³-hybridized carbons (Fsp3) is 0.385. The van der Waals surface area contributed by atoms with Crippen molar-refractivity contribution in [3.8, 4) is 11.5 Å². The molecule has 0 spiro atoms. The van der Waals surface area contributed by atoms with Crippen LogP contribution in [-0.4, -0.2) is 19.3 Å². The van der Waals surface area contributed by atoms with E-state index in [0.717, 1.165) is 12.8 Å². The average molecular weight is 482 g/mol.